The number of rotatable bonds is 11. The van der Waals surface area contributed by atoms with Gasteiger partial charge < -0.3 is 18.1 Å². The van der Waals surface area contributed by atoms with Gasteiger partial charge in [-0.2, -0.15) is 5.10 Å². The summed E-state index contributed by atoms with van der Waals surface area (Å²) >= 11 is 0. The molecule has 1 amide bonds. The van der Waals surface area contributed by atoms with Crippen molar-refractivity contribution in [2.24, 2.45) is 5.10 Å². The molecule has 1 aliphatic heterocycles. The van der Waals surface area contributed by atoms with Crippen molar-refractivity contribution in [2.45, 2.75) is 39.9 Å². The van der Waals surface area contributed by atoms with E-state index < -0.39 is 26.9 Å². The van der Waals surface area contributed by atoms with E-state index in [1.165, 1.54) is 0 Å². The van der Waals surface area contributed by atoms with E-state index in [1.807, 2.05) is 30.3 Å². The molecule has 2 aromatic carbocycles. The normalized spacial score (nSPS) is 16.9. The van der Waals surface area contributed by atoms with Crippen LogP contribution in [0.1, 0.15) is 44.5 Å². The molecule has 2 aromatic rings. The van der Waals surface area contributed by atoms with E-state index in [9.17, 15) is 13.9 Å². The quantitative estimate of drug-likeness (QED) is 0.359. The molecular weight excluding hydrogens is 466 g/mol. The number of hydrogen-bond acceptors (Lipinski definition) is 8. The number of fused-ring (bicyclic) bond motifs is 1. The van der Waals surface area contributed by atoms with Gasteiger partial charge in [-0.25, -0.2) is 5.01 Å². The number of carbonyl (C=O) groups is 1. The second-order valence-corrected chi connectivity index (χ2v) is 11.3. The standard InChI is InChI=1S/C22H30N2O7P2/c1-5-28-32(26,29-6-2)20-16-21(33(27,30-7-3)31-8-4)24(23-20)22(25)19-15-11-13-17-12-9-10-14-18(17)19/h9-15,21H,5-8,16H2,1-4H3. The van der Waals surface area contributed by atoms with Crippen molar-refractivity contribution in [3.63, 3.8) is 0 Å². The molecule has 1 atom stereocenters. The van der Waals surface area contributed by atoms with Crippen LogP contribution in [-0.4, -0.2) is 48.6 Å². The van der Waals surface area contributed by atoms with Gasteiger partial charge in [-0.1, -0.05) is 36.4 Å². The van der Waals surface area contributed by atoms with Crippen LogP contribution in [-0.2, 0) is 27.2 Å². The Morgan fingerprint density at radius 2 is 1.48 bits per heavy atom. The summed E-state index contributed by atoms with van der Waals surface area (Å²) in [5.41, 5.74) is 0.384. The van der Waals surface area contributed by atoms with E-state index in [4.69, 9.17) is 18.1 Å². The molecule has 9 nitrogen and oxygen atoms in total. The minimum Gasteiger partial charge on any atom is -0.307 e. The van der Waals surface area contributed by atoms with Crippen LogP contribution in [0, 0.1) is 0 Å². The Hall–Kier alpha value is -1.86. The Kier molecular flexibility index (Phi) is 8.62. The summed E-state index contributed by atoms with van der Waals surface area (Å²) in [6.07, 6.45) is -0.120. The molecular formula is C22H30N2O7P2. The zero-order chi connectivity index (χ0) is 24.1. The van der Waals surface area contributed by atoms with Crippen LogP contribution in [0.5, 0.6) is 0 Å². The van der Waals surface area contributed by atoms with E-state index in [2.05, 4.69) is 5.10 Å². The third-order valence-corrected chi connectivity index (χ3v) is 9.46. The van der Waals surface area contributed by atoms with Gasteiger partial charge in [-0.05, 0) is 44.5 Å². The molecule has 0 N–H and O–H groups in total. The van der Waals surface area contributed by atoms with E-state index in [0.717, 1.165) is 10.4 Å². The predicted octanol–water partition coefficient (Wildman–Crippen LogP) is 5.86. The van der Waals surface area contributed by atoms with Crippen molar-refractivity contribution in [2.75, 3.05) is 26.4 Å². The second-order valence-electron chi connectivity index (χ2n) is 7.09. The summed E-state index contributed by atoms with van der Waals surface area (Å²) in [7, 11) is -7.65. The summed E-state index contributed by atoms with van der Waals surface area (Å²) in [6.45, 7) is 7.18. The van der Waals surface area contributed by atoms with Crippen LogP contribution < -0.4 is 0 Å². The summed E-state index contributed by atoms with van der Waals surface area (Å²) in [5, 5.41) is 7.00. The zero-order valence-electron chi connectivity index (χ0n) is 19.3. The van der Waals surface area contributed by atoms with Crippen LogP contribution >= 0.6 is 15.2 Å². The molecule has 0 aliphatic carbocycles. The fourth-order valence-electron chi connectivity index (χ4n) is 3.71. The average molecular weight is 496 g/mol. The van der Waals surface area contributed by atoms with E-state index in [-0.39, 0.29) is 38.3 Å². The maximum absolute atomic E-state index is 13.7. The molecule has 0 spiro atoms. The molecule has 11 heteroatoms. The lowest BCUT2D eigenvalue weighted by molar-refractivity contribution is 0.0727. The summed E-state index contributed by atoms with van der Waals surface area (Å²) in [5.74, 6) is -1.61. The molecule has 0 saturated heterocycles. The van der Waals surface area contributed by atoms with Crippen molar-refractivity contribution in [3.05, 3.63) is 48.0 Å². The first-order valence-electron chi connectivity index (χ1n) is 11.0. The minimum atomic E-state index is -3.84. The van der Waals surface area contributed by atoms with Crippen LogP contribution in [0.3, 0.4) is 0 Å². The third kappa shape index (κ3) is 5.29. The number of carbonyl (C=O) groups excluding carboxylic acids is 1. The van der Waals surface area contributed by atoms with Gasteiger partial charge in [0.05, 0.1) is 26.4 Å². The molecule has 3 rings (SSSR count). The first-order chi connectivity index (χ1) is 15.8. The Labute approximate surface area is 194 Å². The maximum Gasteiger partial charge on any atom is 0.377 e. The molecule has 1 aliphatic rings. The Morgan fingerprint density at radius 3 is 2.09 bits per heavy atom. The second kappa shape index (κ2) is 11.0. The summed E-state index contributed by atoms with van der Waals surface area (Å²) < 4.78 is 49.1. The molecule has 0 radical (unpaired) electrons. The highest BCUT2D eigenvalue weighted by Gasteiger charge is 2.51. The van der Waals surface area contributed by atoms with Crippen molar-refractivity contribution in [3.8, 4) is 0 Å². The maximum atomic E-state index is 13.7. The number of hydrogen-bond donors (Lipinski definition) is 0. The lowest BCUT2D eigenvalue weighted by Crippen LogP contribution is -2.34. The highest BCUT2D eigenvalue weighted by atomic mass is 31.2. The van der Waals surface area contributed by atoms with Crippen LogP contribution in [0.15, 0.2) is 47.6 Å². The molecule has 0 bridgehead atoms. The fourth-order valence-corrected chi connectivity index (χ4v) is 7.46. The molecule has 0 saturated carbocycles. The Morgan fingerprint density at radius 1 is 0.909 bits per heavy atom. The molecule has 0 aromatic heterocycles. The van der Waals surface area contributed by atoms with Crippen molar-refractivity contribution >= 4 is 37.3 Å². The van der Waals surface area contributed by atoms with Crippen LogP contribution in [0.4, 0.5) is 0 Å². The van der Waals surface area contributed by atoms with Crippen LogP contribution in [0.2, 0.25) is 0 Å². The number of benzene rings is 2. The molecule has 1 unspecified atom stereocenters. The average Bonchev–Trinajstić information content (AvgIpc) is 3.26. The fraction of sp³-hybridized carbons (Fsp3) is 0.455. The van der Waals surface area contributed by atoms with Crippen molar-refractivity contribution in [1.82, 2.24) is 5.01 Å². The number of nitrogens with zero attached hydrogens (tertiary/aromatic N) is 2. The summed E-state index contributed by atoms with van der Waals surface area (Å²) in [6, 6.07) is 12.8. The third-order valence-electron chi connectivity index (χ3n) is 5.00. The SMILES string of the molecule is CCOP(=O)(OCC)C1=NN(C(=O)c2cccc3ccccc23)C(P(=O)(OCC)OCC)C1. The predicted molar refractivity (Wildman–Crippen MR) is 128 cm³/mol. The Balaban J connectivity index is 2.13. The van der Waals surface area contributed by atoms with Gasteiger partial charge in [0.1, 0.15) is 0 Å². The van der Waals surface area contributed by atoms with E-state index in [0.29, 0.717) is 10.9 Å². The minimum absolute atomic E-state index is 0.0180. The topological polar surface area (TPSA) is 104 Å². The lowest BCUT2D eigenvalue weighted by Gasteiger charge is -2.28. The lowest BCUT2D eigenvalue weighted by atomic mass is 10.0. The zero-order valence-corrected chi connectivity index (χ0v) is 21.1. The van der Waals surface area contributed by atoms with Gasteiger partial charge in [0.25, 0.3) is 5.91 Å². The first kappa shape index (κ1) is 25.8. The van der Waals surface area contributed by atoms with Gasteiger partial charge in [0, 0.05) is 12.0 Å². The van der Waals surface area contributed by atoms with Crippen molar-refractivity contribution < 1.29 is 32.0 Å². The summed E-state index contributed by atoms with van der Waals surface area (Å²) in [4.78, 5) is 13.7. The highest BCUT2D eigenvalue weighted by molar-refractivity contribution is 7.72. The van der Waals surface area contributed by atoms with Gasteiger partial charge in [-0.15, -0.1) is 0 Å². The van der Waals surface area contributed by atoms with Gasteiger partial charge >= 0.3 is 15.2 Å². The van der Waals surface area contributed by atoms with Gasteiger partial charge in [0.2, 0.25) is 0 Å². The van der Waals surface area contributed by atoms with Crippen LogP contribution in [0.25, 0.3) is 10.8 Å². The first-order valence-corrected chi connectivity index (χ1v) is 14.2. The van der Waals surface area contributed by atoms with E-state index in [1.54, 1.807) is 39.8 Å². The molecule has 0 fully saturated rings. The smallest absolute Gasteiger partial charge is 0.307 e. The van der Waals surface area contributed by atoms with Crippen molar-refractivity contribution in [1.29, 1.82) is 0 Å². The van der Waals surface area contributed by atoms with Gasteiger partial charge in [0.15, 0.2) is 11.2 Å². The molecule has 1 heterocycles. The number of amides is 1. The molecule has 180 valence electrons. The monoisotopic (exact) mass is 496 g/mol. The highest BCUT2D eigenvalue weighted by Crippen LogP contribution is 2.62. The Bertz CT molecular complexity index is 1100. The largest absolute Gasteiger partial charge is 0.377 e. The molecule has 33 heavy (non-hydrogen) atoms. The van der Waals surface area contributed by atoms with Gasteiger partial charge in [-0.3, -0.25) is 13.9 Å². The number of hydrazone groups is 1. The van der Waals surface area contributed by atoms with E-state index >= 15 is 0 Å².